The molecule has 0 bridgehead atoms. The molecule has 0 saturated carbocycles. The minimum absolute atomic E-state index is 0.000248. The summed E-state index contributed by atoms with van der Waals surface area (Å²) in [6, 6.07) is 8.12. The second-order valence-electron chi connectivity index (χ2n) is 7.93. The Morgan fingerprint density at radius 1 is 1.37 bits per heavy atom. The number of piperidine rings is 1. The lowest BCUT2D eigenvalue weighted by Crippen LogP contribution is -2.47. The van der Waals surface area contributed by atoms with E-state index in [4.69, 9.17) is 21.1 Å². The molecule has 2 heterocycles. The molecule has 0 unspecified atom stereocenters. The van der Waals surface area contributed by atoms with Gasteiger partial charge in [-0.25, -0.2) is 0 Å². The fourth-order valence-corrected chi connectivity index (χ4v) is 4.46. The molecule has 6 heteroatoms. The predicted molar refractivity (Wildman–Crippen MR) is 107 cm³/mol. The number of carbonyl (C=O) groups is 1. The van der Waals surface area contributed by atoms with Crippen LogP contribution in [0, 0.1) is 5.92 Å². The fraction of sp³-hybridized carbons (Fsp3) is 0.667. The number of rotatable bonds is 7. The molecular weight excluding hydrogens is 364 g/mol. The zero-order valence-electron chi connectivity index (χ0n) is 16.5. The van der Waals surface area contributed by atoms with Gasteiger partial charge >= 0.3 is 0 Å². The van der Waals surface area contributed by atoms with Gasteiger partial charge in [-0.1, -0.05) is 23.7 Å². The Morgan fingerprint density at radius 2 is 2.15 bits per heavy atom. The van der Waals surface area contributed by atoms with E-state index < -0.39 is 0 Å². The van der Waals surface area contributed by atoms with E-state index >= 15 is 0 Å². The largest absolute Gasteiger partial charge is 0.375 e. The summed E-state index contributed by atoms with van der Waals surface area (Å²) < 4.78 is 11.8. The first-order chi connectivity index (χ1) is 13.0. The molecule has 0 radical (unpaired) electrons. The predicted octanol–water partition coefficient (Wildman–Crippen LogP) is 3.21. The van der Waals surface area contributed by atoms with Crippen molar-refractivity contribution in [3.05, 3.63) is 34.9 Å². The van der Waals surface area contributed by atoms with Gasteiger partial charge in [-0.15, -0.1) is 0 Å². The zero-order valence-corrected chi connectivity index (χ0v) is 17.2. The van der Waals surface area contributed by atoms with E-state index in [1.54, 1.807) is 19.0 Å². The van der Waals surface area contributed by atoms with Crippen LogP contribution in [0.3, 0.4) is 0 Å². The van der Waals surface area contributed by atoms with E-state index in [0.717, 1.165) is 56.9 Å². The summed E-state index contributed by atoms with van der Waals surface area (Å²) in [5.74, 6) is 0.544. The van der Waals surface area contributed by atoms with Crippen molar-refractivity contribution in [1.82, 2.24) is 9.80 Å². The van der Waals surface area contributed by atoms with Crippen molar-refractivity contribution in [3.63, 3.8) is 0 Å². The summed E-state index contributed by atoms with van der Waals surface area (Å²) in [5, 5.41) is 0.799. The molecule has 0 aliphatic carbocycles. The van der Waals surface area contributed by atoms with Crippen molar-refractivity contribution >= 4 is 17.5 Å². The second-order valence-corrected chi connectivity index (χ2v) is 8.37. The van der Waals surface area contributed by atoms with Crippen LogP contribution in [-0.2, 0) is 20.8 Å². The van der Waals surface area contributed by atoms with Gasteiger partial charge in [-0.3, -0.25) is 9.69 Å². The molecule has 5 nitrogen and oxygen atoms in total. The molecule has 3 rings (SSSR count). The number of ether oxygens (including phenoxy) is 2. The standard InChI is InChI=1S/C21H31ClN2O3/c1-23(2)20(25)16-26-12-6-18-7-13-27-21(18)8-10-24(11-9-21)15-17-4-3-5-19(22)14-17/h3-5,14,18H,6-13,15-16H2,1-2H3/t18-/m0/s1. The number of benzene rings is 1. The lowest BCUT2D eigenvalue weighted by atomic mass is 9.78. The summed E-state index contributed by atoms with van der Waals surface area (Å²) in [6.45, 7) is 4.67. The number of hydrogen-bond donors (Lipinski definition) is 0. The fourth-order valence-electron chi connectivity index (χ4n) is 4.24. The monoisotopic (exact) mass is 394 g/mol. The van der Waals surface area contributed by atoms with Crippen LogP contribution in [-0.4, -0.2) is 68.3 Å². The van der Waals surface area contributed by atoms with E-state index in [1.807, 2.05) is 18.2 Å². The third-order valence-electron chi connectivity index (χ3n) is 5.93. The summed E-state index contributed by atoms with van der Waals surface area (Å²) >= 11 is 6.10. The van der Waals surface area contributed by atoms with Crippen LogP contribution in [0.15, 0.2) is 24.3 Å². The number of hydrogen-bond acceptors (Lipinski definition) is 4. The van der Waals surface area contributed by atoms with Gasteiger partial charge in [0.2, 0.25) is 5.91 Å². The van der Waals surface area contributed by atoms with Gasteiger partial charge in [0.1, 0.15) is 6.61 Å². The molecule has 1 aromatic carbocycles. The highest BCUT2D eigenvalue weighted by atomic mass is 35.5. The van der Waals surface area contributed by atoms with Crippen LogP contribution in [0.25, 0.3) is 0 Å². The highest BCUT2D eigenvalue weighted by Gasteiger charge is 2.45. The van der Waals surface area contributed by atoms with E-state index in [9.17, 15) is 4.79 Å². The Labute approximate surface area is 167 Å². The Bertz CT molecular complexity index is 630. The average molecular weight is 395 g/mol. The smallest absolute Gasteiger partial charge is 0.248 e. The molecule has 2 fully saturated rings. The van der Waals surface area contributed by atoms with Gasteiger partial charge in [0.05, 0.1) is 5.60 Å². The SMILES string of the molecule is CN(C)C(=O)COCC[C@H]1CCOC12CCN(Cc1cccc(Cl)c1)CC2. The van der Waals surface area contributed by atoms with Gasteiger partial charge in [0.25, 0.3) is 0 Å². The number of likely N-dealkylation sites (tertiary alicyclic amines) is 1. The van der Waals surface area contributed by atoms with E-state index in [0.29, 0.717) is 12.5 Å². The van der Waals surface area contributed by atoms with Crippen LogP contribution < -0.4 is 0 Å². The molecule has 27 heavy (non-hydrogen) atoms. The van der Waals surface area contributed by atoms with Crippen molar-refractivity contribution < 1.29 is 14.3 Å². The van der Waals surface area contributed by atoms with Gasteiger partial charge in [-0.2, -0.15) is 0 Å². The van der Waals surface area contributed by atoms with Crippen LogP contribution in [0.1, 0.15) is 31.2 Å². The zero-order chi connectivity index (χ0) is 19.3. The van der Waals surface area contributed by atoms with Crippen molar-refractivity contribution in [2.24, 2.45) is 5.92 Å². The normalized spacial score (nSPS) is 22.3. The molecular formula is C21H31ClN2O3. The molecule has 0 N–H and O–H groups in total. The molecule has 0 aromatic heterocycles. The second kappa shape index (κ2) is 9.37. The van der Waals surface area contributed by atoms with Crippen LogP contribution >= 0.6 is 11.6 Å². The molecule has 2 saturated heterocycles. The van der Waals surface area contributed by atoms with Gasteiger partial charge in [0.15, 0.2) is 0 Å². The van der Waals surface area contributed by atoms with Crippen molar-refractivity contribution in [1.29, 1.82) is 0 Å². The van der Waals surface area contributed by atoms with E-state index in [-0.39, 0.29) is 18.1 Å². The summed E-state index contributed by atoms with van der Waals surface area (Å²) in [6.07, 6.45) is 4.19. The van der Waals surface area contributed by atoms with Gasteiger partial charge in [0, 0.05) is 52.0 Å². The van der Waals surface area contributed by atoms with Gasteiger partial charge in [-0.05, 0) is 49.3 Å². The Balaban J connectivity index is 1.45. The minimum Gasteiger partial charge on any atom is -0.375 e. The third-order valence-corrected chi connectivity index (χ3v) is 6.17. The van der Waals surface area contributed by atoms with Crippen molar-refractivity contribution in [2.75, 3.05) is 47.0 Å². The van der Waals surface area contributed by atoms with Gasteiger partial charge < -0.3 is 14.4 Å². The first kappa shape index (κ1) is 20.6. The maximum Gasteiger partial charge on any atom is 0.248 e. The summed E-state index contributed by atoms with van der Waals surface area (Å²) in [4.78, 5) is 15.7. The van der Waals surface area contributed by atoms with Crippen LogP contribution in [0.4, 0.5) is 0 Å². The lowest BCUT2D eigenvalue weighted by Gasteiger charge is -2.42. The Kier molecular flexibility index (Phi) is 7.15. The highest BCUT2D eigenvalue weighted by Crippen LogP contribution is 2.42. The van der Waals surface area contributed by atoms with Crippen LogP contribution in [0.5, 0.6) is 0 Å². The molecule has 1 aromatic rings. The highest BCUT2D eigenvalue weighted by molar-refractivity contribution is 6.30. The number of nitrogens with zero attached hydrogens (tertiary/aromatic N) is 2. The topological polar surface area (TPSA) is 42.0 Å². The molecule has 150 valence electrons. The number of amides is 1. The Hall–Kier alpha value is -1.14. The first-order valence-corrected chi connectivity index (χ1v) is 10.2. The molecule has 2 aliphatic heterocycles. The molecule has 1 atom stereocenters. The molecule has 1 spiro atoms. The van der Waals surface area contributed by atoms with E-state index in [2.05, 4.69) is 11.0 Å². The molecule has 1 amide bonds. The molecule has 2 aliphatic rings. The van der Waals surface area contributed by atoms with E-state index in [1.165, 1.54) is 5.56 Å². The number of carbonyl (C=O) groups excluding carboxylic acids is 1. The number of likely N-dealkylation sites (N-methyl/N-ethyl adjacent to an activating group) is 1. The quantitative estimate of drug-likeness (QED) is 0.666. The van der Waals surface area contributed by atoms with Crippen molar-refractivity contribution in [3.8, 4) is 0 Å². The summed E-state index contributed by atoms with van der Waals surface area (Å²) in [7, 11) is 3.51. The third kappa shape index (κ3) is 5.44. The Morgan fingerprint density at radius 3 is 2.85 bits per heavy atom. The maximum absolute atomic E-state index is 11.6. The van der Waals surface area contributed by atoms with Crippen LogP contribution in [0.2, 0.25) is 5.02 Å². The van der Waals surface area contributed by atoms with Crippen molar-refractivity contribution in [2.45, 2.75) is 37.8 Å². The minimum atomic E-state index is -0.000248. The maximum atomic E-state index is 11.6. The average Bonchev–Trinajstić information content (AvgIpc) is 3.03. The first-order valence-electron chi connectivity index (χ1n) is 9.87. The number of halogens is 1. The lowest BCUT2D eigenvalue weighted by molar-refractivity contribution is -0.133. The summed E-state index contributed by atoms with van der Waals surface area (Å²) in [5.41, 5.74) is 1.26.